The molecule has 2 rings (SSSR count). The minimum Gasteiger partial charge on any atom is -0.398 e. The second-order valence-corrected chi connectivity index (χ2v) is 5.39. The summed E-state index contributed by atoms with van der Waals surface area (Å²) in [6.45, 7) is 0. The van der Waals surface area contributed by atoms with E-state index in [9.17, 15) is 9.59 Å². The van der Waals surface area contributed by atoms with Crippen molar-refractivity contribution in [3.8, 4) is 0 Å². The Morgan fingerprint density at radius 3 is 2.38 bits per heavy atom. The molecule has 0 saturated carbocycles. The predicted octanol–water partition coefficient (Wildman–Crippen LogP) is 3.26. The number of rotatable bonds is 2. The van der Waals surface area contributed by atoms with Crippen molar-refractivity contribution in [3.63, 3.8) is 0 Å². The van der Waals surface area contributed by atoms with E-state index in [1.54, 1.807) is 36.4 Å². The average molecular weight is 369 g/mol. The number of hydrogen-bond donors (Lipinski definition) is 3. The van der Waals surface area contributed by atoms with E-state index in [0.717, 1.165) is 0 Å². The second-order valence-electron chi connectivity index (χ2n) is 4.12. The molecule has 5 nitrogen and oxygen atoms in total. The smallest absolute Gasteiger partial charge is 0.314 e. The largest absolute Gasteiger partial charge is 0.398 e. The molecule has 0 aliphatic carbocycles. The number of halogens is 2. The molecule has 0 heterocycles. The highest BCUT2D eigenvalue weighted by Gasteiger charge is 2.15. The van der Waals surface area contributed by atoms with Crippen molar-refractivity contribution in [1.82, 2.24) is 0 Å². The molecule has 4 N–H and O–H groups in total. The van der Waals surface area contributed by atoms with Gasteiger partial charge in [-0.1, -0.05) is 23.7 Å². The fourth-order valence-corrected chi connectivity index (χ4v) is 2.10. The van der Waals surface area contributed by atoms with Gasteiger partial charge >= 0.3 is 11.8 Å². The molecule has 0 aromatic heterocycles. The number of nitrogens with two attached hydrogens (primary N) is 1. The van der Waals surface area contributed by atoms with Gasteiger partial charge in [-0.3, -0.25) is 9.59 Å². The lowest BCUT2D eigenvalue weighted by molar-refractivity contribution is -0.133. The first-order valence-corrected chi connectivity index (χ1v) is 7.06. The van der Waals surface area contributed by atoms with E-state index in [1.165, 1.54) is 6.07 Å². The zero-order chi connectivity index (χ0) is 15.4. The topological polar surface area (TPSA) is 84.2 Å². The molecule has 0 aliphatic rings. The third-order valence-electron chi connectivity index (χ3n) is 2.59. The van der Waals surface area contributed by atoms with Crippen LogP contribution in [0.5, 0.6) is 0 Å². The van der Waals surface area contributed by atoms with Crippen LogP contribution >= 0.6 is 27.5 Å². The zero-order valence-corrected chi connectivity index (χ0v) is 13.0. The van der Waals surface area contributed by atoms with Crippen molar-refractivity contribution in [1.29, 1.82) is 0 Å². The molecule has 0 saturated heterocycles. The number of nitrogen functional groups attached to an aromatic ring is 1. The second kappa shape index (κ2) is 6.60. The van der Waals surface area contributed by atoms with Crippen LogP contribution in [0.2, 0.25) is 5.02 Å². The van der Waals surface area contributed by atoms with Gasteiger partial charge < -0.3 is 16.4 Å². The van der Waals surface area contributed by atoms with Crippen molar-refractivity contribution in [3.05, 3.63) is 52.0 Å². The van der Waals surface area contributed by atoms with Crippen molar-refractivity contribution < 1.29 is 9.59 Å². The maximum Gasteiger partial charge on any atom is 0.314 e. The highest BCUT2D eigenvalue weighted by Crippen LogP contribution is 2.23. The van der Waals surface area contributed by atoms with Crippen LogP contribution in [0.3, 0.4) is 0 Å². The van der Waals surface area contributed by atoms with Gasteiger partial charge in [-0.15, -0.1) is 0 Å². The Morgan fingerprint density at radius 1 is 1.05 bits per heavy atom. The highest BCUT2D eigenvalue weighted by atomic mass is 79.9. The number of carbonyl (C=O) groups excluding carboxylic acids is 2. The molecular weight excluding hydrogens is 358 g/mol. The molecule has 2 amide bonds. The number of carbonyl (C=O) groups is 2. The Balaban J connectivity index is 2.04. The third-order valence-corrected chi connectivity index (χ3v) is 3.61. The zero-order valence-electron chi connectivity index (χ0n) is 10.7. The van der Waals surface area contributed by atoms with Gasteiger partial charge in [0, 0.05) is 10.2 Å². The SMILES string of the molecule is Nc1ccc(NC(=O)C(=O)Nc2ccccc2Br)cc1Cl. The monoisotopic (exact) mass is 367 g/mol. The van der Waals surface area contributed by atoms with Crippen LogP contribution < -0.4 is 16.4 Å². The van der Waals surface area contributed by atoms with Gasteiger partial charge in [0.1, 0.15) is 0 Å². The number of hydrogen-bond acceptors (Lipinski definition) is 3. The molecule has 0 spiro atoms. The molecule has 7 heteroatoms. The quantitative estimate of drug-likeness (QED) is 0.562. The van der Waals surface area contributed by atoms with Crippen LogP contribution in [0.4, 0.5) is 17.1 Å². The molecule has 0 unspecified atom stereocenters. The van der Waals surface area contributed by atoms with Gasteiger partial charge in [0.2, 0.25) is 0 Å². The Labute approximate surface area is 134 Å². The summed E-state index contributed by atoms with van der Waals surface area (Å²) < 4.78 is 0.682. The maximum absolute atomic E-state index is 11.8. The summed E-state index contributed by atoms with van der Waals surface area (Å²) in [4.78, 5) is 23.6. The van der Waals surface area contributed by atoms with Gasteiger partial charge in [-0.05, 0) is 46.3 Å². The van der Waals surface area contributed by atoms with Crippen molar-refractivity contribution in [2.24, 2.45) is 0 Å². The summed E-state index contributed by atoms with van der Waals surface area (Å²) in [5, 5.41) is 5.25. The van der Waals surface area contributed by atoms with Crippen molar-refractivity contribution in [2.45, 2.75) is 0 Å². The van der Waals surface area contributed by atoms with Gasteiger partial charge in [0.15, 0.2) is 0 Å². The molecule has 2 aromatic rings. The predicted molar refractivity (Wildman–Crippen MR) is 87.3 cm³/mol. The lowest BCUT2D eigenvalue weighted by Gasteiger charge is -2.08. The molecule has 2 aromatic carbocycles. The first kappa shape index (κ1) is 15.3. The minimum absolute atomic E-state index is 0.305. The first-order chi connectivity index (χ1) is 9.97. The average Bonchev–Trinajstić information content (AvgIpc) is 2.45. The molecule has 0 atom stereocenters. The Morgan fingerprint density at radius 2 is 1.71 bits per heavy atom. The molecule has 0 bridgehead atoms. The number of nitrogens with one attached hydrogen (secondary N) is 2. The van der Waals surface area contributed by atoms with Crippen LogP contribution in [-0.2, 0) is 9.59 Å². The fourth-order valence-electron chi connectivity index (χ4n) is 1.53. The molecule has 0 fully saturated rings. The first-order valence-electron chi connectivity index (χ1n) is 5.89. The van der Waals surface area contributed by atoms with Crippen LogP contribution in [-0.4, -0.2) is 11.8 Å². The Hall–Kier alpha value is -2.05. The summed E-state index contributed by atoms with van der Waals surface area (Å²) in [6, 6.07) is 11.6. The van der Waals surface area contributed by atoms with E-state index in [0.29, 0.717) is 26.6 Å². The van der Waals surface area contributed by atoms with E-state index >= 15 is 0 Å². The van der Waals surface area contributed by atoms with Gasteiger partial charge in [-0.2, -0.15) is 0 Å². The summed E-state index contributed by atoms with van der Waals surface area (Å²) in [5.74, 6) is -1.58. The van der Waals surface area contributed by atoms with Crippen LogP contribution in [0.25, 0.3) is 0 Å². The summed E-state index contributed by atoms with van der Waals surface area (Å²) in [5.41, 5.74) is 6.86. The van der Waals surface area contributed by atoms with Gasteiger partial charge in [0.05, 0.1) is 16.4 Å². The van der Waals surface area contributed by atoms with E-state index in [1.807, 2.05) is 0 Å². The van der Waals surface area contributed by atoms with E-state index in [-0.39, 0.29) is 0 Å². The standard InChI is InChI=1S/C14H11BrClN3O2/c15-9-3-1-2-4-12(9)19-14(21)13(20)18-8-5-6-11(17)10(16)7-8/h1-7H,17H2,(H,18,20)(H,19,21). The van der Waals surface area contributed by atoms with Crippen LogP contribution in [0.1, 0.15) is 0 Å². The van der Waals surface area contributed by atoms with E-state index in [2.05, 4.69) is 26.6 Å². The third kappa shape index (κ3) is 3.96. The lowest BCUT2D eigenvalue weighted by atomic mass is 10.3. The number of benzene rings is 2. The minimum atomic E-state index is -0.799. The Kier molecular flexibility index (Phi) is 4.82. The fraction of sp³-hybridized carbons (Fsp3) is 0. The number of para-hydroxylation sites is 1. The molecular formula is C14H11BrClN3O2. The highest BCUT2D eigenvalue weighted by molar-refractivity contribution is 9.10. The Bertz CT molecular complexity index is 706. The van der Waals surface area contributed by atoms with Crippen molar-refractivity contribution >= 4 is 56.4 Å². The van der Waals surface area contributed by atoms with Crippen LogP contribution in [0, 0.1) is 0 Å². The molecule has 0 radical (unpaired) electrons. The molecule has 108 valence electrons. The van der Waals surface area contributed by atoms with Gasteiger partial charge in [-0.25, -0.2) is 0 Å². The summed E-state index contributed by atoms with van der Waals surface area (Å²) in [7, 11) is 0. The normalized spacial score (nSPS) is 10.0. The maximum atomic E-state index is 11.8. The summed E-state index contributed by atoms with van der Waals surface area (Å²) >= 11 is 9.12. The number of amides is 2. The lowest BCUT2D eigenvalue weighted by Crippen LogP contribution is -2.29. The molecule has 21 heavy (non-hydrogen) atoms. The van der Waals surface area contributed by atoms with E-state index < -0.39 is 11.8 Å². The summed E-state index contributed by atoms with van der Waals surface area (Å²) in [6.07, 6.45) is 0. The van der Waals surface area contributed by atoms with E-state index in [4.69, 9.17) is 17.3 Å². The number of anilines is 3. The molecule has 0 aliphatic heterocycles. The van der Waals surface area contributed by atoms with Crippen molar-refractivity contribution in [2.75, 3.05) is 16.4 Å². The van der Waals surface area contributed by atoms with Gasteiger partial charge in [0.25, 0.3) is 0 Å². The van der Waals surface area contributed by atoms with Crippen LogP contribution in [0.15, 0.2) is 46.9 Å².